The molecule has 0 bridgehead atoms. The van der Waals surface area contributed by atoms with Gasteiger partial charge in [0.1, 0.15) is 5.71 Å². The van der Waals surface area contributed by atoms with Gasteiger partial charge in [0.25, 0.3) is 0 Å². The number of fused-ring (bicyclic) bond motifs is 1. The molecule has 1 aliphatic heterocycles. The van der Waals surface area contributed by atoms with Crippen molar-refractivity contribution in [3.63, 3.8) is 0 Å². The van der Waals surface area contributed by atoms with Gasteiger partial charge < -0.3 is 5.21 Å². The van der Waals surface area contributed by atoms with E-state index in [9.17, 15) is 10.4 Å². The van der Waals surface area contributed by atoms with E-state index in [0.29, 0.717) is 16.1 Å². The summed E-state index contributed by atoms with van der Waals surface area (Å²) in [4.78, 5) is 4.55. The first-order chi connectivity index (χ1) is 11.0. The summed E-state index contributed by atoms with van der Waals surface area (Å²) < 4.78 is 0. The van der Waals surface area contributed by atoms with Crippen molar-refractivity contribution in [2.24, 2.45) is 10.1 Å². The molecular formula is C17H16ClN3O2. The van der Waals surface area contributed by atoms with E-state index in [4.69, 9.17) is 11.6 Å². The van der Waals surface area contributed by atoms with Crippen molar-refractivity contribution in [2.75, 3.05) is 0 Å². The molecule has 5 nitrogen and oxygen atoms in total. The number of hydrogen-bond donors (Lipinski definition) is 2. The smallest absolute Gasteiger partial charge is 0.195 e. The molecule has 1 aliphatic rings. The molecule has 0 aliphatic carbocycles. The molecule has 0 saturated carbocycles. The molecule has 0 saturated heterocycles. The molecule has 0 amide bonds. The van der Waals surface area contributed by atoms with Crippen LogP contribution in [0.2, 0.25) is 5.02 Å². The van der Waals surface area contributed by atoms with Crippen LogP contribution in [-0.4, -0.2) is 26.9 Å². The number of benzene rings is 2. The normalized spacial score (nSPS) is 21.0. The molecule has 1 unspecified atom stereocenters. The van der Waals surface area contributed by atoms with Gasteiger partial charge in [0.2, 0.25) is 0 Å². The van der Waals surface area contributed by atoms with E-state index < -0.39 is 5.66 Å². The standard InChI is InChI=1S/C17H16ClN3O2/c1-11(20-22)17(2)19-15-9-8-13(18)10-14(15)16(21(17)23)12-6-4-3-5-7-12/h3-10,22-23H,1-2H3/b20-11-. The van der Waals surface area contributed by atoms with Crippen LogP contribution in [0.4, 0.5) is 0 Å². The van der Waals surface area contributed by atoms with E-state index in [1.807, 2.05) is 30.3 Å². The van der Waals surface area contributed by atoms with Crippen LogP contribution < -0.4 is 10.6 Å². The Morgan fingerprint density at radius 3 is 2.57 bits per heavy atom. The summed E-state index contributed by atoms with van der Waals surface area (Å²) in [6.45, 7) is 3.29. The first-order valence-corrected chi connectivity index (χ1v) is 7.48. The Morgan fingerprint density at radius 2 is 1.91 bits per heavy atom. The number of halogens is 1. The lowest BCUT2D eigenvalue weighted by atomic mass is 10.00. The van der Waals surface area contributed by atoms with Crippen LogP contribution in [0.3, 0.4) is 0 Å². The van der Waals surface area contributed by atoms with Gasteiger partial charge in [-0.3, -0.25) is 5.21 Å². The van der Waals surface area contributed by atoms with Crippen molar-refractivity contribution in [3.8, 4) is 0 Å². The molecular weight excluding hydrogens is 314 g/mol. The molecule has 6 heteroatoms. The highest BCUT2D eigenvalue weighted by atomic mass is 35.5. The summed E-state index contributed by atoms with van der Waals surface area (Å²) in [6.07, 6.45) is 0. The monoisotopic (exact) mass is 329 g/mol. The molecule has 118 valence electrons. The van der Waals surface area contributed by atoms with Gasteiger partial charge in [0.05, 0.1) is 11.1 Å². The number of hydroxylamine groups is 2. The lowest BCUT2D eigenvalue weighted by Gasteiger charge is -2.37. The molecule has 2 aromatic carbocycles. The van der Waals surface area contributed by atoms with Crippen LogP contribution in [0.5, 0.6) is 0 Å². The molecule has 1 atom stereocenters. The highest BCUT2D eigenvalue weighted by Crippen LogP contribution is 2.27. The van der Waals surface area contributed by atoms with E-state index in [1.165, 1.54) is 0 Å². The summed E-state index contributed by atoms with van der Waals surface area (Å²) in [7, 11) is 0. The summed E-state index contributed by atoms with van der Waals surface area (Å²) in [5.74, 6) is 0. The highest BCUT2D eigenvalue weighted by molar-refractivity contribution is 6.30. The quantitative estimate of drug-likeness (QED) is 0.505. The lowest BCUT2D eigenvalue weighted by molar-refractivity contribution is -0.0856. The fourth-order valence-corrected chi connectivity index (χ4v) is 2.78. The van der Waals surface area contributed by atoms with Crippen molar-refractivity contribution >= 4 is 23.0 Å². The SMILES string of the molecule is C/C(=N/O)C1(C)N=c2ccc(Cl)cc2=C(c2ccccc2)N1O. The zero-order valence-electron chi connectivity index (χ0n) is 12.7. The van der Waals surface area contributed by atoms with Crippen LogP contribution >= 0.6 is 11.6 Å². The van der Waals surface area contributed by atoms with Crippen molar-refractivity contribution in [2.45, 2.75) is 19.5 Å². The average molecular weight is 330 g/mol. The molecule has 0 spiro atoms. The second-order valence-corrected chi connectivity index (χ2v) is 5.94. The molecule has 0 aromatic heterocycles. The minimum Gasteiger partial charge on any atom is -0.411 e. The Balaban J connectivity index is 2.42. The number of oxime groups is 1. The first-order valence-electron chi connectivity index (χ1n) is 7.11. The predicted octanol–water partition coefficient (Wildman–Crippen LogP) is 2.39. The second kappa shape index (κ2) is 5.68. The van der Waals surface area contributed by atoms with Gasteiger partial charge in [0.15, 0.2) is 5.66 Å². The second-order valence-electron chi connectivity index (χ2n) is 5.51. The van der Waals surface area contributed by atoms with E-state index in [1.54, 1.807) is 32.0 Å². The van der Waals surface area contributed by atoms with Gasteiger partial charge in [-0.05, 0) is 32.0 Å². The Morgan fingerprint density at radius 1 is 1.22 bits per heavy atom. The third-order valence-electron chi connectivity index (χ3n) is 4.06. The van der Waals surface area contributed by atoms with Crippen molar-refractivity contribution < 1.29 is 10.4 Å². The topological polar surface area (TPSA) is 68.4 Å². The summed E-state index contributed by atoms with van der Waals surface area (Å²) in [6, 6.07) is 14.7. The minimum atomic E-state index is -1.21. The predicted molar refractivity (Wildman–Crippen MR) is 88.1 cm³/mol. The van der Waals surface area contributed by atoms with E-state index >= 15 is 0 Å². The van der Waals surface area contributed by atoms with E-state index in [2.05, 4.69) is 10.1 Å². The molecule has 1 heterocycles. The van der Waals surface area contributed by atoms with Crippen LogP contribution in [-0.2, 0) is 0 Å². The van der Waals surface area contributed by atoms with Gasteiger partial charge in [0, 0.05) is 15.8 Å². The van der Waals surface area contributed by atoms with Gasteiger partial charge in [-0.1, -0.05) is 47.1 Å². The van der Waals surface area contributed by atoms with Crippen LogP contribution in [0.15, 0.2) is 58.7 Å². The molecule has 23 heavy (non-hydrogen) atoms. The minimum absolute atomic E-state index is 0.272. The van der Waals surface area contributed by atoms with Gasteiger partial charge >= 0.3 is 0 Å². The Bertz CT molecular complexity index is 896. The third-order valence-corrected chi connectivity index (χ3v) is 4.29. The molecule has 2 N–H and O–H groups in total. The maximum Gasteiger partial charge on any atom is 0.195 e. The summed E-state index contributed by atoms with van der Waals surface area (Å²) >= 11 is 6.12. The highest BCUT2D eigenvalue weighted by Gasteiger charge is 2.39. The molecule has 0 fully saturated rings. The number of hydrogen-bond acceptors (Lipinski definition) is 5. The Kier molecular flexibility index (Phi) is 3.83. The maximum absolute atomic E-state index is 10.8. The van der Waals surface area contributed by atoms with E-state index in [0.717, 1.165) is 15.8 Å². The zero-order valence-corrected chi connectivity index (χ0v) is 13.5. The number of nitrogens with zero attached hydrogens (tertiary/aromatic N) is 3. The maximum atomic E-state index is 10.8. The summed E-state index contributed by atoms with van der Waals surface area (Å²) in [5, 5.41) is 26.2. The van der Waals surface area contributed by atoms with Gasteiger partial charge in [-0.2, -0.15) is 0 Å². The van der Waals surface area contributed by atoms with E-state index in [-0.39, 0.29) is 5.71 Å². The zero-order chi connectivity index (χ0) is 16.6. The summed E-state index contributed by atoms with van der Waals surface area (Å²) in [5.41, 5.74) is 0.434. The van der Waals surface area contributed by atoms with Crippen LogP contribution in [0.25, 0.3) is 5.70 Å². The fourth-order valence-electron chi connectivity index (χ4n) is 2.61. The molecule has 0 radical (unpaired) electrons. The van der Waals surface area contributed by atoms with Crippen molar-refractivity contribution in [1.82, 2.24) is 5.06 Å². The molecule has 3 rings (SSSR count). The first kappa shape index (κ1) is 15.5. The van der Waals surface area contributed by atoms with Gasteiger partial charge in [-0.15, -0.1) is 0 Å². The molecule has 2 aromatic rings. The largest absolute Gasteiger partial charge is 0.411 e. The Labute approximate surface area is 138 Å². The van der Waals surface area contributed by atoms with Crippen LogP contribution in [0, 0.1) is 0 Å². The van der Waals surface area contributed by atoms with Crippen LogP contribution in [0.1, 0.15) is 19.4 Å². The number of rotatable bonds is 2. The fraction of sp³-hybridized carbons (Fsp3) is 0.176. The van der Waals surface area contributed by atoms with Crippen molar-refractivity contribution in [3.05, 3.63) is 69.7 Å². The lowest BCUT2D eigenvalue weighted by Crippen LogP contribution is -2.55. The average Bonchev–Trinajstić information content (AvgIpc) is 2.56. The van der Waals surface area contributed by atoms with Gasteiger partial charge in [-0.25, -0.2) is 10.1 Å². The van der Waals surface area contributed by atoms with Crippen molar-refractivity contribution in [1.29, 1.82) is 0 Å². The Hall–Kier alpha value is -2.37. The third kappa shape index (κ3) is 2.48.